The molecule has 1 rings (SSSR count). The molecule has 78 valence electrons. The van der Waals surface area contributed by atoms with Crippen molar-refractivity contribution in [1.29, 1.82) is 0 Å². The van der Waals surface area contributed by atoms with Crippen LogP contribution in [0.25, 0.3) is 0 Å². The minimum atomic E-state index is -0.250. The van der Waals surface area contributed by atoms with E-state index >= 15 is 0 Å². The highest BCUT2D eigenvalue weighted by Gasteiger charge is 2.09. The number of hydrogen-bond donors (Lipinski definition) is 1. The first kappa shape index (κ1) is 11.0. The molecule has 5 heteroatoms. The van der Waals surface area contributed by atoms with Gasteiger partial charge in [-0.05, 0) is 20.8 Å². The molecule has 0 unspecified atom stereocenters. The van der Waals surface area contributed by atoms with Crippen molar-refractivity contribution in [2.45, 2.75) is 26.8 Å². The normalized spacial score (nSPS) is 10.6. The summed E-state index contributed by atoms with van der Waals surface area (Å²) in [6.45, 7) is 6.42. The average molecular weight is 216 g/mol. The molecule has 0 aromatic carbocycles. The Labute approximate surface area is 87.9 Å². The van der Waals surface area contributed by atoms with Crippen LogP contribution >= 0.6 is 11.6 Å². The van der Waals surface area contributed by atoms with Crippen molar-refractivity contribution in [2.75, 3.05) is 11.9 Å². The summed E-state index contributed by atoms with van der Waals surface area (Å²) in [6, 6.07) is 0.0238. The van der Waals surface area contributed by atoms with Crippen LogP contribution in [0.2, 0.25) is 5.02 Å². The number of aromatic nitrogens is 2. The SMILES string of the molecule is CCNc1cnn(C(C)C)c(=O)c1Cl. The first-order chi connectivity index (χ1) is 6.57. The van der Waals surface area contributed by atoms with E-state index in [1.54, 1.807) is 6.20 Å². The molecule has 0 saturated heterocycles. The van der Waals surface area contributed by atoms with E-state index in [1.165, 1.54) is 4.68 Å². The summed E-state index contributed by atoms with van der Waals surface area (Å²) in [4.78, 5) is 11.6. The molecule has 0 aliphatic carbocycles. The molecule has 0 radical (unpaired) electrons. The fraction of sp³-hybridized carbons (Fsp3) is 0.556. The van der Waals surface area contributed by atoms with Crippen LogP contribution in [0.15, 0.2) is 11.0 Å². The van der Waals surface area contributed by atoms with Gasteiger partial charge in [-0.3, -0.25) is 4.79 Å². The summed E-state index contributed by atoms with van der Waals surface area (Å²) < 4.78 is 1.36. The molecule has 1 aromatic heterocycles. The third kappa shape index (κ3) is 2.07. The minimum Gasteiger partial charge on any atom is -0.383 e. The maximum atomic E-state index is 11.6. The monoisotopic (exact) mass is 215 g/mol. The van der Waals surface area contributed by atoms with Crippen molar-refractivity contribution >= 4 is 17.3 Å². The molecule has 0 saturated carbocycles. The molecule has 0 spiro atoms. The summed E-state index contributed by atoms with van der Waals surface area (Å²) in [5.74, 6) is 0. The molecule has 0 fully saturated rings. The number of anilines is 1. The Morgan fingerprint density at radius 3 is 2.79 bits per heavy atom. The molecule has 1 aromatic rings. The largest absolute Gasteiger partial charge is 0.383 e. The zero-order valence-electron chi connectivity index (χ0n) is 8.54. The molecule has 0 atom stereocenters. The highest BCUT2D eigenvalue weighted by Crippen LogP contribution is 2.15. The zero-order chi connectivity index (χ0) is 10.7. The Hall–Kier alpha value is -1.03. The smallest absolute Gasteiger partial charge is 0.287 e. The molecule has 0 amide bonds. The van der Waals surface area contributed by atoms with Gasteiger partial charge in [0.15, 0.2) is 0 Å². The van der Waals surface area contributed by atoms with Crippen molar-refractivity contribution in [3.63, 3.8) is 0 Å². The van der Waals surface area contributed by atoms with Gasteiger partial charge in [-0.2, -0.15) is 5.10 Å². The molecule has 0 aliphatic heterocycles. The standard InChI is InChI=1S/C9H14ClN3O/c1-4-11-7-5-12-13(6(2)3)9(14)8(7)10/h5-6,11H,4H2,1-3H3. The summed E-state index contributed by atoms with van der Waals surface area (Å²) in [7, 11) is 0. The topological polar surface area (TPSA) is 46.9 Å². The van der Waals surface area contributed by atoms with Gasteiger partial charge >= 0.3 is 0 Å². The average Bonchev–Trinajstić information content (AvgIpc) is 2.13. The Morgan fingerprint density at radius 1 is 1.64 bits per heavy atom. The second kappa shape index (κ2) is 4.46. The molecule has 0 aliphatic rings. The first-order valence-corrected chi connectivity index (χ1v) is 4.97. The van der Waals surface area contributed by atoms with Crippen molar-refractivity contribution < 1.29 is 0 Å². The predicted octanol–water partition coefficient (Wildman–Crippen LogP) is 1.91. The molecule has 4 nitrogen and oxygen atoms in total. The highest BCUT2D eigenvalue weighted by molar-refractivity contribution is 6.32. The fourth-order valence-electron chi connectivity index (χ4n) is 1.13. The number of nitrogens with one attached hydrogen (secondary N) is 1. The van der Waals surface area contributed by atoms with Crippen LogP contribution in [0, 0.1) is 0 Å². The van der Waals surface area contributed by atoms with Gasteiger partial charge in [0, 0.05) is 6.54 Å². The van der Waals surface area contributed by atoms with Crippen LogP contribution in [-0.2, 0) is 0 Å². The molecule has 1 N–H and O–H groups in total. The van der Waals surface area contributed by atoms with Crippen LogP contribution < -0.4 is 10.9 Å². The Kier molecular flexibility index (Phi) is 3.52. The van der Waals surface area contributed by atoms with Crippen LogP contribution in [0.3, 0.4) is 0 Å². The molecule has 0 bridgehead atoms. The van der Waals surface area contributed by atoms with E-state index in [9.17, 15) is 4.79 Å². The van der Waals surface area contributed by atoms with E-state index in [0.29, 0.717) is 12.2 Å². The molecule has 14 heavy (non-hydrogen) atoms. The number of halogens is 1. The summed E-state index contributed by atoms with van der Waals surface area (Å²) in [6.07, 6.45) is 1.58. The number of hydrogen-bond acceptors (Lipinski definition) is 3. The summed E-state index contributed by atoms with van der Waals surface area (Å²) in [5.41, 5.74) is 0.344. The Bertz CT molecular complexity index is 373. The van der Waals surface area contributed by atoms with Crippen molar-refractivity contribution in [1.82, 2.24) is 9.78 Å². The van der Waals surface area contributed by atoms with Gasteiger partial charge in [-0.1, -0.05) is 11.6 Å². The quantitative estimate of drug-likeness (QED) is 0.838. The molecular formula is C9H14ClN3O. The van der Waals surface area contributed by atoms with E-state index in [4.69, 9.17) is 11.6 Å². The Morgan fingerprint density at radius 2 is 2.29 bits per heavy atom. The van der Waals surface area contributed by atoms with Gasteiger partial charge in [0.2, 0.25) is 0 Å². The van der Waals surface area contributed by atoms with Gasteiger partial charge in [0.25, 0.3) is 5.56 Å². The molecular weight excluding hydrogens is 202 g/mol. The van der Waals surface area contributed by atoms with Gasteiger partial charge < -0.3 is 5.32 Å². The summed E-state index contributed by atoms with van der Waals surface area (Å²) in [5, 5.41) is 7.19. The van der Waals surface area contributed by atoms with Gasteiger partial charge in [-0.25, -0.2) is 4.68 Å². The van der Waals surface area contributed by atoms with Crippen LogP contribution in [0.4, 0.5) is 5.69 Å². The lowest BCUT2D eigenvalue weighted by Crippen LogP contribution is -2.25. The maximum absolute atomic E-state index is 11.6. The van der Waals surface area contributed by atoms with Crippen LogP contribution in [0.1, 0.15) is 26.8 Å². The van der Waals surface area contributed by atoms with Gasteiger partial charge in [-0.15, -0.1) is 0 Å². The fourth-order valence-corrected chi connectivity index (χ4v) is 1.33. The third-order valence-electron chi connectivity index (χ3n) is 1.80. The van der Waals surface area contributed by atoms with E-state index in [2.05, 4.69) is 10.4 Å². The second-order valence-electron chi connectivity index (χ2n) is 3.25. The van der Waals surface area contributed by atoms with Gasteiger partial charge in [0.1, 0.15) is 5.02 Å². The lowest BCUT2D eigenvalue weighted by molar-refractivity contribution is 0.503. The van der Waals surface area contributed by atoms with Crippen molar-refractivity contribution in [3.8, 4) is 0 Å². The lowest BCUT2D eigenvalue weighted by Gasteiger charge is -2.10. The Balaban J connectivity index is 3.20. The van der Waals surface area contributed by atoms with E-state index in [0.717, 1.165) is 0 Å². The second-order valence-corrected chi connectivity index (χ2v) is 3.62. The van der Waals surface area contributed by atoms with Crippen LogP contribution in [-0.4, -0.2) is 16.3 Å². The number of rotatable bonds is 3. The summed E-state index contributed by atoms with van der Waals surface area (Å²) >= 11 is 5.89. The number of nitrogens with zero attached hydrogens (tertiary/aromatic N) is 2. The van der Waals surface area contributed by atoms with Crippen molar-refractivity contribution in [2.24, 2.45) is 0 Å². The van der Waals surface area contributed by atoms with Crippen molar-refractivity contribution in [3.05, 3.63) is 21.6 Å². The maximum Gasteiger partial charge on any atom is 0.287 e. The first-order valence-electron chi connectivity index (χ1n) is 4.59. The predicted molar refractivity (Wildman–Crippen MR) is 58.1 cm³/mol. The highest BCUT2D eigenvalue weighted by atomic mass is 35.5. The van der Waals surface area contributed by atoms with Gasteiger partial charge in [0.05, 0.1) is 17.9 Å². The van der Waals surface area contributed by atoms with E-state index in [-0.39, 0.29) is 16.6 Å². The van der Waals surface area contributed by atoms with E-state index in [1.807, 2.05) is 20.8 Å². The zero-order valence-corrected chi connectivity index (χ0v) is 9.30. The van der Waals surface area contributed by atoms with Crippen LogP contribution in [0.5, 0.6) is 0 Å². The van der Waals surface area contributed by atoms with E-state index < -0.39 is 0 Å². The third-order valence-corrected chi connectivity index (χ3v) is 2.17. The minimum absolute atomic E-state index is 0.0238. The lowest BCUT2D eigenvalue weighted by atomic mass is 10.4. The molecule has 1 heterocycles.